The number of likely N-dealkylation sites (tertiary alicyclic amines) is 1. The molecule has 1 aromatic carbocycles. The van der Waals surface area contributed by atoms with Crippen LogP contribution in [0.2, 0.25) is 0 Å². The smallest absolute Gasteiger partial charge is 0.235 e. The Morgan fingerprint density at radius 2 is 2.14 bits per heavy atom. The molecular weight excluding hydrogens is 280 g/mol. The van der Waals surface area contributed by atoms with Crippen molar-refractivity contribution in [2.24, 2.45) is 11.7 Å². The van der Waals surface area contributed by atoms with Crippen molar-refractivity contribution in [3.05, 3.63) is 35.9 Å². The molecule has 1 fully saturated rings. The lowest BCUT2D eigenvalue weighted by molar-refractivity contribution is -0.134. The average molecular weight is 306 g/mol. The maximum atomic E-state index is 12.6. The molecule has 1 aromatic rings. The van der Waals surface area contributed by atoms with Crippen LogP contribution >= 0.6 is 11.8 Å². The normalized spacial score (nSPS) is 23.9. The molecule has 1 aliphatic rings. The molecule has 1 aliphatic heterocycles. The number of nitrogens with two attached hydrogens (primary N) is 1. The Balaban J connectivity index is 1.89. The number of benzene rings is 1. The summed E-state index contributed by atoms with van der Waals surface area (Å²) in [5.41, 5.74) is 7.13. The molecule has 1 saturated heterocycles. The van der Waals surface area contributed by atoms with E-state index < -0.39 is 0 Å². The number of amides is 1. The van der Waals surface area contributed by atoms with Gasteiger partial charge in [0.2, 0.25) is 5.91 Å². The molecule has 116 valence electrons. The fourth-order valence-electron chi connectivity index (χ4n) is 2.87. The third kappa shape index (κ3) is 4.48. The molecule has 1 heterocycles. The van der Waals surface area contributed by atoms with Gasteiger partial charge in [0.15, 0.2) is 0 Å². The van der Waals surface area contributed by atoms with Crippen LogP contribution in [0.15, 0.2) is 30.3 Å². The Kier molecular flexibility index (Phi) is 6.12. The summed E-state index contributed by atoms with van der Waals surface area (Å²) in [7, 11) is 0. The first-order valence-electron chi connectivity index (χ1n) is 7.78. The van der Waals surface area contributed by atoms with Gasteiger partial charge in [-0.1, -0.05) is 37.3 Å². The largest absolute Gasteiger partial charge is 0.337 e. The van der Waals surface area contributed by atoms with Crippen molar-refractivity contribution >= 4 is 17.7 Å². The molecule has 1 amide bonds. The molecule has 4 heteroatoms. The van der Waals surface area contributed by atoms with Crippen LogP contribution in [-0.4, -0.2) is 35.2 Å². The highest BCUT2D eigenvalue weighted by Crippen LogP contribution is 2.26. The van der Waals surface area contributed by atoms with E-state index in [2.05, 4.69) is 19.1 Å². The van der Waals surface area contributed by atoms with Gasteiger partial charge in [-0.3, -0.25) is 4.79 Å². The number of carbonyl (C=O) groups is 1. The van der Waals surface area contributed by atoms with Gasteiger partial charge in [-0.2, -0.15) is 0 Å². The van der Waals surface area contributed by atoms with Crippen LogP contribution < -0.4 is 5.73 Å². The number of carbonyl (C=O) groups excluding carboxylic acids is 1. The van der Waals surface area contributed by atoms with Crippen LogP contribution in [0, 0.1) is 5.92 Å². The summed E-state index contributed by atoms with van der Waals surface area (Å²) in [6, 6.07) is 10.5. The topological polar surface area (TPSA) is 46.3 Å². The summed E-state index contributed by atoms with van der Waals surface area (Å²) >= 11 is 1.71. The fourth-order valence-corrected chi connectivity index (χ4v) is 3.78. The van der Waals surface area contributed by atoms with Crippen LogP contribution in [0.4, 0.5) is 0 Å². The van der Waals surface area contributed by atoms with E-state index in [9.17, 15) is 4.79 Å². The summed E-state index contributed by atoms with van der Waals surface area (Å²) in [5.74, 6) is 1.80. The lowest BCUT2D eigenvalue weighted by atomic mass is 9.92. The molecule has 0 aliphatic carbocycles. The molecule has 2 N–H and O–H groups in total. The maximum Gasteiger partial charge on any atom is 0.235 e. The second kappa shape index (κ2) is 7.85. The lowest BCUT2D eigenvalue weighted by Crippen LogP contribution is -2.51. The van der Waals surface area contributed by atoms with Gasteiger partial charge < -0.3 is 10.6 Å². The summed E-state index contributed by atoms with van der Waals surface area (Å²) in [5, 5.41) is -0.00679. The van der Waals surface area contributed by atoms with Crippen molar-refractivity contribution < 1.29 is 4.79 Å². The van der Waals surface area contributed by atoms with E-state index in [0.29, 0.717) is 12.5 Å². The minimum Gasteiger partial charge on any atom is -0.337 e. The van der Waals surface area contributed by atoms with Crippen LogP contribution in [0.5, 0.6) is 0 Å². The van der Waals surface area contributed by atoms with Gasteiger partial charge in [-0.15, -0.1) is 11.8 Å². The second-order valence-electron chi connectivity index (χ2n) is 5.99. The zero-order valence-corrected chi connectivity index (χ0v) is 13.8. The van der Waals surface area contributed by atoms with E-state index in [1.54, 1.807) is 11.8 Å². The van der Waals surface area contributed by atoms with Gasteiger partial charge >= 0.3 is 0 Å². The Morgan fingerprint density at radius 1 is 1.43 bits per heavy atom. The zero-order chi connectivity index (χ0) is 15.2. The first-order chi connectivity index (χ1) is 10.1. The summed E-state index contributed by atoms with van der Waals surface area (Å²) in [6.45, 7) is 5.70. The Bertz CT molecular complexity index is 451. The van der Waals surface area contributed by atoms with E-state index >= 15 is 0 Å². The predicted molar refractivity (Wildman–Crippen MR) is 90.2 cm³/mol. The van der Waals surface area contributed by atoms with E-state index in [4.69, 9.17) is 5.73 Å². The quantitative estimate of drug-likeness (QED) is 0.910. The van der Waals surface area contributed by atoms with E-state index in [0.717, 1.165) is 25.1 Å². The van der Waals surface area contributed by atoms with E-state index in [1.165, 1.54) is 5.56 Å². The monoisotopic (exact) mass is 306 g/mol. The predicted octanol–water partition coefficient (Wildman–Crippen LogP) is 2.89. The van der Waals surface area contributed by atoms with Crippen molar-refractivity contribution in [2.75, 3.05) is 13.1 Å². The first kappa shape index (κ1) is 16.4. The average Bonchev–Trinajstić information content (AvgIpc) is 2.52. The number of nitrogens with zero attached hydrogens (tertiary/aromatic N) is 1. The summed E-state index contributed by atoms with van der Waals surface area (Å²) in [6.07, 6.45) is 2.14. The maximum absolute atomic E-state index is 12.6. The Morgan fingerprint density at radius 3 is 2.81 bits per heavy atom. The molecule has 0 aromatic heterocycles. The van der Waals surface area contributed by atoms with E-state index in [1.807, 2.05) is 30.0 Å². The molecular formula is C17H26N2OS. The minimum absolute atomic E-state index is 0.00679. The van der Waals surface area contributed by atoms with Crippen molar-refractivity contribution in [1.29, 1.82) is 0 Å². The van der Waals surface area contributed by atoms with E-state index in [-0.39, 0.29) is 17.2 Å². The van der Waals surface area contributed by atoms with Gasteiger partial charge in [-0.05, 0) is 31.2 Å². The Hall–Kier alpha value is -1.00. The van der Waals surface area contributed by atoms with Gasteiger partial charge in [0.05, 0.1) is 5.25 Å². The van der Waals surface area contributed by atoms with Crippen LogP contribution in [0.3, 0.4) is 0 Å². The lowest BCUT2D eigenvalue weighted by Gasteiger charge is -2.39. The second-order valence-corrected chi connectivity index (χ2v) is 7.32. The molecule has 0 radical (unpaired) electrons. The highest BCUT2D eigenvalue weighted by molar-refractivity contribution is 7.99. The van der Waals surface area contributed by atoms with Crippen molar-refractivity contribution in [3.8, 4) is 0 Å². The third-order valence-corrected chi connectivity index (χ3v) is 5.43. The van der Waals surface area contributed by atoms with Gasteiger partial charge in [-0.25, -0.2) is 0 Å². The number of hydrogen-bond acceptors (Lipinski definition) is 3. The highest BCUT2D eigenvalue weighted by Gasteiger charge is 2.31. The first-order valence-corrected chi connectivity index (χ1v) is 8.82. The van der Waals surface area contributed by atoms with Gasteiger partial charge in [0.25, 0.3) is 0 Å². The fraction of sp³-hybridized carbons (Fsp3) is 0.588. The van der Waals surface area contributed by atoms with Crippen LogP contribution in [0.25, 0.3) is 0 Å². The molecule has 0 bridgehead atoms. The Labute approximate surface area is 132 Å². The summed E-state index contributed by atoms with van der Waals surface area (Å²) in [4.78, 5) is 14.7. The number of piperidine rings is 1. The van der Waals surface area contributed by atoms with Gasteiger partial charge in [0, 0.05) is 24.9 Å². The van der Waals surface area contributed by atoms with Crippen molar-refractivity contribution in [2.45, 2.75) is 43.7 Å². The molecule has 0 spiro atoms. The van der Waals surface area contributed by atoms with Crippen molar-refractivity contribution in [3.63, 3.8) is 0 Å². The number of thioether (sulfide) groups is 1. The molecule has 2 rings (SSSR count). The summed E-state index contributed by atoms with van der Waals surface area (Å²) < 4.78 is 0. The minimum atomic E-state index is -0.00679. The molecule has 3 unspecified atom stereocenters. The highest BCUT2D eigenvalue weighted by atomic mass is 32.2. The van der Waals surface area contributed by atoms with Crippen molar-refractivity contribution in [1.82, 2.24) is 4.90 Å². The molecule has 3 atom stereocenters. The zero-order valence-electron chi connectivity index (χ0n) is 13.0. The standard InChI is InChI=1S/C17H26N2OS/c1-13-8-9-19(16(10-13)11-18)17(20)14(2)21-12-15-6-4-3-5-7-15/h3-7,13-14,16H,8-12,18H2,1-2H3. The SMILES string of the molecule is CC1CCN(C(=O)C(C)SCc2ccccc2)C(CN)C1. The number of hydrogen-bond donors (Lipinski definition) is 1. The van der Waals surface area contributed by atoms with Crippen LogP contribution in [0.1, 0.15) is 32.3 Å². The molecule has 3 nitrogen and oxygen atoms in total. The molecule has 21 heavy (non-hydrogen) atoms. The third-order valence-electron chi connectivity index (χ3n) is 4.22. The number of rotatable bonds is 5. The van der Waals surface area contributed by atoms with Gasteiger partial charge in [0.1, 0.15) is 0 Å². The van der Waals surface area contributed by atoms with Crippen LogP contribution in [-0.2, 0) is 10.5 Å². The molecule has 0 saturated carbocycles.